The SMILES string of the molecule is CCC1CCNC(C(=O)Nc2ccc(C(=O)O)cc2C)C1. The van der Waals surface area contributed by atoms with Crippen molar-refractivity contribution >= 4 is 17.6 Å². The highest BCUT2D eigenvalue weighted by Crippen LogP contribution is 2.21. The maximum atomic E-state index is 12.3. The molecule has 0 saturated carbocycles. The Bertz CT molecular complexity index is 542. The summed E-state index contributed by atoms with van der Waals surface area (Å²) in [7, 11) is 0. The van der Waals surface area contributed by atoms with Gasteiger partial charge in [-0.1, -0.05) is 13.3 Å². The van der Waals surface area contributed by atoms with Crippen LogP contribution in [0.25, 0.3) is 0 Å². The summed E-state index contributed by atoms with van der Waals surface area (Å²) in [6, 6.07) is 4.56. The van der Waals surface area contributed by atoms with E-state index in [1.165, 1.54) is 6.07 Å². The zero-order valence-corrected chi connectivity index (χ0v) is 12.5. The van der Waals surface area contributed by atoms with Crippen LogP contribution >= 0.6 is 0 Å². The van der Waals surface area contributed by atoms with Gasteiger partial charge in [0.2, 0.25) is 5.91 Å². The molecule has 1 aliphatic heterocycles. The maximum absolute atomic E-state index is 12.3. The number of carboxylic acid groups (broad SMARTS) is 1. The molecule has 0 bridgehead atoms. The molecule has 1 aliphatic rings. The molecule has 21 heavy (non-hydrogen) atoms. The molecule has 1 aromatic rings. The van der Waals surface area contributed by atoms with E-state index in [2.05, 4.69) is 17.6 Å². The molecule has 1 aromatic carbocycles. The molecule has 0 spiro atoms. The topological polar surface area (TPSA) is 78.4 Å². The molecule has 3 N–H and O–H groups in total. The molecule has 5 heteroatoms. The van der Waals surface area contributed by atoms with Crippen LogP contribution in [0.1, 0.15) is 42.1 Å². The molecule has 0 radical (unpaired) electrons. The number of aromatic carboxylic acids is 1. The molecule has 2 atom stereocenters. The van der Waals surface area contributed by atoms with E-state index in [1.807, 2.05) is 0 Å². The summed E-state index contributed by atoms with van der Waals surface area (Å²) >= 11 is 0. The molecule has 2 unspecified atom stereocenters. The van der Waals surface area contributed by atoms with Crippen molar-refractivity contribution in [2.75, 3.05) is 11.9 Å². The van der Waals surface area contributed by atoms with Gasteiger partial charge in [0.25, 0.3) is 0 Å². The van der Waals surface area contributed by atoms with Gasteiger partial charge in [-0.05, 0) is 56.0 Å². The van der Waals surface area contributed by atoms with Crippen LogP contribution in [-0.2, 0) is 4.79 Å². The zero-order valence-electron chi connectivity index (χ0n) is 12.5. The highest BCUT2D eigenvalue weighted by molar-refractivity contribution is 5.96. The fourth-order valence-electron chi connectivity index (χ4n) is 2.72. The number of hydrogen-bond acceptors (Lipinski definition) is 3. The van der Waals surface area contributed by atoms with E-state index >= 15 is 0 Å². The van der Waals surface area contributed by atoms with Crippen LogP contribution in [0.4, 0.5) is 5.69 Å². The van der Waals surface area contributed by atoms with Gasteiger partial charge in [0.15, 0.2) is 0 Å². The van der Waals surface area contributed by atoms with Gasteiger partial charge in [-0.25, -0.2) is 4.79 Å². The van der Waals surface area contributed by atoms with E-state index < -0.39 is 5.97 Å². The number of rotatable bonds is 4. The average molecular weight is 290 g/mol. The van der Waals surface area contributed by atoms with Crippen molar-refractivity contribution in [1.29, 1.82) is 0 Å². The summed E-state index contributed by atoms with van der Waals surface area (Å²) in [5.41, 5.74) is 1.66. The van der Waals surface area contributed by atoms with Crippen LogP contribution in [0.15, 0.2) is 18.2 Å². The number of amides is 1. The molecule has 5 nitrogen and oxygen atoms in total. The number of anilines is 1. The second kappa shape index (κ2) is 6.72. The molecule has 114 valence electrons. The van der Waals surface area contributed by atoms with Gasteiger partial charge in [0, 0.05) is 5.69 Å². The lowest BCUT2D eigenvalue weighted by atomic mass is 9.90. The van der Waals surface area contributed by atoms with E-state index in [0.29, 0.717) is 11.6 Å². The van der Waals surface area contributed by atoms with Crippen LogP contribution < -0.4 is 10.6 Å². The van der Waals surface area contributed by atoms with Crippen molar-refractivity contribution in [3.63, 3.8) is 0 Å². The number of benzene rings is 1. The summed E-state index contributed by atoms with van der Waals surface area (Å²) < 4.78 is 0. The van der Waals surface area contributed by atoms with Crippen LogP contribution in [-0.4, -0.2) is 29.6 Å². The predicted octanol–water partition coefficient (Wildman–Crippen LogP) is 2.41. The summed E-state index contributed by atoms with van der Waals surface area (Å²) in [5.74, 6) is -0.410. The second-order valence-corrected chi connectivity index (χ2v) is 5.63. The van der Waals surface area contributed by atoms with E-state index in [0.717, 1.165) is 31.4 Å². The first-order valence-corrected chi connectivity index (χ1v) is 7.39. The maximum Gasteiger partial charge on any atom is 0.335 e. The van der Waals surface area contributed by atoms with Crippen LogP contribution in [0, 0.1) is 12.8 Å². The van der Waals surface area contributed by atoms with E-state index in [9.17, 15) is 9.59 Å². The second-order valence-electron chi connectivity index (χ2n) is 5.63. The predicted molar refractivity (Wildman–Crippen MR) is 81.6 cm³/mol. The third-order valence-corrected chi connectivity index (χ3v) is 4.14. The summed E-state index contributed by atoms with van der Waals surface area (Å²) in [6.07, 6.45) is 3.07. The van der Waals surface area contributed by atoms with Crippen molar-refractivity contribution in [2.24, 2.45) is 5.92 Å². The normalized spacial score (nSPS) is 21.8. The van der Waals surface area contributed by atoms with Crippen molar-refractivity contribution in [2.45, 2.75) is 39.2 Å². The fourth-order valence-corrected chi connectivity index (χ4v) is 2.72. The number of carbonyl (C=O) groups excluding carboxylic acids is 1. The van der Waals surface area contributed by atoms with Crippen molar-refractivity contribution in [1.82, 2.24) is 5.32 Å². The fraction of sp³-hybridized carbons (Fsp3) is 0.500. The molecule has 1 amide bonds. The Balaban J connectivity index is 2.04. The van der Waals surface area contributed by atoms with Gasteiger partial charge in [0.1, 0.15) is 0 Å². The van der Waals surface area contributed by atoms with Gasteiger partial charge in [-0.15, -0.1) is 0 Å². The molecular formula is C16H22N2O3. The van der Waals surface area contributed by atoms with Crippen molar-refractivity contribution in [3.05, 3.63) is 29.3 Å². The van der Waals surface area contributed by atoms with Crippen LogP contribution in [0.2, 0.25) is 0 Å². The molecule has 2 rings (SSSR count). The van der Waals surface area contributed by atoms with Gasteiger partial charge >= 0.3 is 5.97 Å². The van der Waals surface area contributed by atoms with E-state index in [1.54, 1.807) is 19.1 Å². The zero-order chi connectivity index (χ0) is 15.4. The monoisotopic (exact) mass is 290 g/mol. The van der Waals surface area contributed by atoms with E-state index in [-0.39, 0.29) is 17.5 Å². The highest BCUT2D eigenvalue weighted by atomic mass is 16.4. The minimum atomic E-state index is -0.962. The summed E-state index contributed by atoms with van der Waals surface area (Å²) in [6.45, 7) is 4.82. The number of aryl methyl sites for hydroxylation is 1. The van der Waals surface area contributed by atoms with Crippen molar-refractivity contribution in [3.8, 4) is 0 Å². The number of carboxylic acids is 1. The Hall–Kier alpha value is -1.88. The largest absolute Gasteiger partial charge is 0.478 e. The lowest BCUT2D eigenvalue weighted by molar-refractivity contribution is -0.119. The number of nitrogens with one attached hydrogen (secondary N) is 2. The Morgan fingerprint density at radius 2 is 2.19 bits per heavy atom. The average Bonchev–Trinajstić information content (AvgIpc) is 2.49. The quantitative estimate of drug-likeness (QED) is 0.795. The lowest BCUT2D eigenvalue weighted by Crippen LogP contribution is -2.46. The minimum Gasteiger partial charge on any atom is -0.478 e. The first-order chi connectivity index (χ1) is 10.0. The summed E-state index contributed by atoms with van der Waals surface area (Å²) in [4.78, 5) is 23.2. The summed E-state index contributed by atoms with van der Waals surface area (Å²) in [5, 5.41) is 15.1. The van der Waals surface area contributed by atoms with E-state index in [4.69, 9.17) is 5.11 Å². The van der Waals surface area contributed by atoms with Crippen LogP contribution in [0.3, 0.4) is 0 Å². The number of piperidine rings is 1. The molecule has 1 heterocycles. The lowest BCUT2D eigenvalue weighted by Gasteiger charge is -2.29. The Morgan fingerprint density at radius 1 is 1.43 bits per heavy atom. The standard InChI is InChI=1S/C16H22N2O3/c1-3-11-6-7-17-14(9-11)15(19)18-13-5-4-12(16(20)21)8-10(13)2/h4-5,8,11,14,17H,3,6-7,9H2,1-2H3,(H,18,19)(H,20,21). The molecule has 1 saturated heterocycles. The molecule has 1 fully saturated rings. The highest BCUT2D eigenvalue weighted by Gasteiger charge is 2.26. The van der Waals surface area contributed by atoms with Gasteiger partial charge in [0.05, 0.1) is 11.6 Å². The van der Waals surface area contributed by atoms with Crippen molar-refractivity contribution < 1.29 is 14.7 Å². The number of hydrogen-bond donors (Lipinski definition) is 3. The first-order valence-electron chi connectivity index (χ1n) is 7.39. The number of carbonyl (C=O) groups is 2. The third kappa shape index (κ3) is 3.82. The third-order valence-electron chi connectivity index (χ3n) is 4.14. The van der Waals surface area contributed by atoms with Gasteiger partial charge in [-0.3, -0.25) is 4.79 Å². The van der Waals surface area contributed by atoms with Gasteiger partial charge in [-0.2, -0.15) is 0 Å². The Kier molecular flexibility index (Phi) is 4.96. The molecular weight excluding hydrogens is 268 g/mol. The minimum absolute atomic E-state index is 0.0423. The Labute approximate surface area is 124 Å². The first kappa shape index (κ1) is 15.5. The van der Waals surface area contributed by atoms with Crippen LogP contribution in [0.5, 0.6) is 0 Å². The molecule has 0 aromatic heterocycles. The van der Waals surface area contributed by atoms with Gasteiger partial charge < -0.3 is 15.7 Å². The Morgan fingerprint density at radius 3 is 2.81 bits per heavy atom. The molecule has 0 aliphatic carbocycles. The smallest absolute Gasteiger partial charge is 0.335 e.